The van der Waals surface area contributed by atoms with E-state index in [1.54, 1.807) is 12.1 Å². The van der Waals surface area contributed by atoms with Gasteiger partial charge >= 0.3 is 0 Å². The van der Waals surface area contributed by atoms with Gasteiger partial charge < -0.3 is 9.64 Å². The number of piperazine rings is 1. The Morgan fingerprint density at radius 3 is 2.35 bits per heavy atom. The molecular weight excluding hydrogens is 278 g/mol. The molecule has 1 aromatic rings. The van der Waals surface area contributed by atoms with Crippen LogP contribution in [0.25, 0.3) is 0 Å². The Hall–Kier alpha value is -1.62. The van der Waals surface area contributed by atoms with Gasteiger partial charge in [0.15, 0.2) is 6.61 Å². The topological polar surface area (TPSA) is 73.6 Å². The van der Waals surface area contributed by atoms with Crippen molar-refractivity contribution in [1.82, 2.24) is 9.21 Å². The molecule has 1 saturated heterocycles. The summed E-state index contributed by atoms with van der Waals surface area (Å²) in [5.74, 6) is 0.490. The average molecular weight is 295 g/mol. The molecule has 2 rings (SSSR count). The fourth-order valence-electron chi connectivity index (χ4n) is 2.00. The van der Waals surface area contributed by atoms with Crippen LogP contribution in [0.4, 0.5) is 0 Å². The van der Waals surface area contributed by atoms with E-state index in [-0.39, 0.29) is 11.5 Å². The van der Waals surface area contributed by atoms with Crippen molar-refractivity contribution in [3.63, 3.8) is 0 Å². The average Bonchev–Trinajstić information content (AvgIpc) is 2.46. The van der Waals surface area contributed by atoms with Crippen molar-refractivity contribution in [1.29, 1.82) is 5.26 Å². The molecule has 0 atom stereocenters. The predicted molar refractivity (Wildman–Crippen MR) is 73.8 cm³/mol. The first-order valence-corrected chi connectivity index (χ1v) is 7.76. The minimum atomic E-state index is -3.44. The first kappa shape index (κ1) is 14.8. The highest BCUT2D eigenvalue weighted by Gasteiger charge is 2.27. The Morgan fingerprint density at radius 2 is 1.80 bits per heavy atom. The van der Waals surface area contributed by atoms with Crippen LogP contribution in [0.5, 0.6) is 5.75 Å². The molecule has 1 heterocycles. The highest BCUT2D eigenvalue weighted by atomic mass is 32.2. The summed E-state index contributed by atoms with van der Waals surface area (Å²) in [4.78, 5) is 2.36. The maximum Gasteiger partial charge on any atom is 0.243 e. The van der Waals surface area contributed by atoms with Crippen LogP contribution in [-0.4, -0.2) is 57.5 Å². The van der Waals surface area contributed by atoms with Gasteiger partial charge in [-0.15, -0.1) is 0 Å². The molecule has 20 heavy (non-hydrogen) atoms. The van der Waals surface area contributed by atoms with Crippen LogP contribution in [0.3, 0.4) is 0 Å². The number of benzene rings is 1. The molecule has 0 amide bonds. The summed E-state index contributed by atoms with van der Waals surface area (Å²) in [6.45, 7) is 2.44. The number of likely N-dealkylation sites (N-methyl/N-ethyl adjacent to an activating group) is 1. The van der Waals surface area contributed by atoms with E-state index < -0.39 is 10.0 Å². The predicted octanol–water partition coefficient (Wildman–Crippen LogP) is 0.525. The first-order valence-electron chi connectivity index (χ1n) is 6.32. The molecule has 0 N–H and O–H groups in total. The fraction of sp³-hybridized carbons (Fsp3) is 0.462. The largest absolute Gasteiger partial charge is 0.479 e. The third-order valence-corrected chi connectivity index (χ3v) is 5.14. The third kappa shape index (κ3) is 3.28. The van der Waals surface area contributed by atoms with Crippen molar-refractivity contribution < 1.29 is 13.2 Å². The zero-order chi connectivity index (χ0) is 14.6. The fourth-order valence-corrected chi connectivity index (χ4v) is 3.42. The van der Waals surface area contributed by atoms with E-state index in [4.69, 9.17) is 10.00 Å². The molecule has 0 saturated carbocycles. The van der Waals surface area contributed by atoms with Gasteiger partial charge in [-0.05, 0) is 31.3 Å². The molecule has 1 aliphatic rings. The van der Waals surface area contributed by atoms with Gasteiger partial charge in [0.1, 0.15) is 11.8 Å². The maximum atomic E-state index is 12.4. The first-order chi connectivity index (χ1) is 9.54. The molecule has 108 valence electrons. The van der Waals surface area contributed by atoms with E-state index in [9.17, 15) is 8.42 Å². The van der Waals surface area contributed by atoms with Gasteiger partial charge in [0.05, 0.1) is 4.90 Å². The number of nitrogens with zero attached hydrogens (tertiary/aromatic N) is 3. The van der Waals surface area contributed by atoms with Crippen LogP contribution < -0.4 is 4.74 Å². The second kappa shape index (κ2) is 6.22. The van der Waals surface area contributed by atoms with Gasteiger partial charge in [0, 0.05) is 26.2 Å². The lowest BCUT2D eigenvalue weighted by Gasteiger charge is -2.31. The standard InChI is InChI=1S/C13H17N3O3S/c1-15-7-9-16(10-8-15)20(17,18)13-4-2-12(3-5-13)19-11-6-14/h2-5H,7-11H2,1H3. The van der Waals surface area contributed by atoms with Crippen LogP contribution in [0, 0.1) is 11.3 Å². The van der Waals surface area contributed by atoms with Crippen LogP contribution in [-0.2, 0) is 10.0 Å². The Labute approximate surface area is 119 Å². The number of sulfonamides is 1. The normalized spacial score (nSPS) is 17.6. The van der Waals surface area contributed by atoms with Crippen LogP contribution in [0.2, 0.25) is 0 Å². The summed E-state index contributed by atoms with van der Waals surface area (Å²) in [6, 6.07) is 8.03. The molecule has 0 aliphatic carbocycles. The monoisotopic (exact) mass is 295 g/mol. The Balaban J connectivity index is 2.11. The van der Waals surface area contributed by atoms with E-state index in [1.165, 1.54) is 16.4 Å². The van der Waals surface area contributed by atoms with E-state index in [1.807, 2.05) is 13.1 Å². The summed E-state index contributed by atoms with van der Waals surface area (Å²) < 4.78 is 31.5. The number of rotatable bonds is 4. The molecule has 1 fully saturated rings. The second-order valence-corrected chi connectivity index (χ2v) is 6.56. The highest BCUT2D eigenvalue weighted by Crippen LogP contribution is 2.20. The van der Waals surface area contributed by atoms with Gasteiger partial charge in [-0.3, -0.25) is 0 Å². The Kier molecular flexibility index (Phi) is 4.60. The molecule has 0 bridgehead atoms. The lowest BCUT2D eigenvalue weighted by Crippen LogP contribution is -2.46. The molecule has 0 spiro atoms. The van der Waals surface area contributed by atoms with Gasteiger partial charge in [-0.1, -0.05) is 0 Å². The van der Waals surface area contributed by atoms with Gasteiger partial charge in [0.2, 0.25) is 10.0 Å². The van der Waals surface area contributed by atoms with Crippen molar-refractivity contribution in [2.45, 2.75) is 4.90 Å². The summed E-state index contributed by atoms with van der Waals surface area (Å²) in [5, 5.41) is 8.42. The van der Waals surface area contributed by atoms with E-state index in [0.29, 0.717) is 18.8 Å². The van der Waals surface area contributed by atoms with Gasteiger partial charge in [-0.2, -0.15) is 9.57 Å². The molecular formula is C13H17N3O3S. The van der Waals surface area contributed by atoms with Crippen LogP contribution in [0.15, 0.2) is 29.2 Å². The van der Waals surface area contributed by atoms with Crippen molar-refractivity contribution in [2.24, 2.45) is 0 Å². The number of ether oxygens (including phenoxy) is 1. The summed E-state index contributed by atoms with van der Waals surface area (Å²) >= 11 is 0. The van der Waals surface area contributed by atoms with Gasteiger partial charge in [-0.25, -0.2) is 8.42 Å². The van der Waals surface area contributed by atoms with Gasteiger partial charge in [0.25, 0.3) is 0 Å². The molecule has 7 heteroatoms. The highest BCUT2D eigenvalue weighted by molar-refractivity contribution is 7.89. The van der Waals surface area contributed by atoms with Crippen molar-refractivity contribution >= 4 is 10.0 Å². The summed E-state index contributed by atoms with van der Waals surface area (Å²) in [6.07, 6.45) is 0. The SMILES string of the molecule is CN1CCN(S(=O)(=O)c2ccc(OCC#N)cc2)CC1. The minimum absolute atomic E-state index is 0.0510. The maximum absolute atomic E-state index is 12.4. The minimum Gasteiger partial charge on any atom is -0.479 e. The Morgan fingerprint density at radius 1 is 1.20 bits per heavy atom. The quantitative estimate of drug-likeness (QED) is 0.810. The zero-order valence-corrected chi connectivity index (χ0v) is 12.1. The molecule has 0 radical (unpaired) electrons. The van der Waals surface area contributed by atoms with Crippen molar-refractivity contribution in [2.75, 3.05) is 39.8 Å². The van der Waals surface area contributed by atoms with E-state index in [0.717, 1.165) is 13.1 Å². The summed E-state index contributed by atoms with van der Waals surface area (Å²) in [7, 11) is -1.46. The third-order valence-electron chi connectivity index (χ3n) is 3.23. The Bertz CT molecular complexity index is 584. The molecule has 1 aromatic carbocycles. The van der Waals surface area contributed by atoms with Crippen LogP contribution in [0.1, 0.15) is 0 Å². The number of hydrogen-bond acceptors (Lipinski definition) is 5. The van der Waals surface area contributed by atoms with Crippen molar-refractivity contribution in [3.05, 3.63) is 24.3 Å². The zero-order valence-electron chi connectivity index (χ0n) is 11.3. The molecule has 1 aliphatic heterocycles. The number of nitriles is 1. The second-order valence-electron chi connectivity index (χ2n) is 4.63. The molecule has 6 nitrogen and oxygen atoms in total. The van der Waals surface area contributed by atoms with E-state index >= 15 is 0 Å². The smallest absolute Gasteiger partial charge is 0.243 e. The lowest BCUT2D eigenvalue weighted by molar-refractivity contribution is 0.222. The number of hydrogen-bond donors (Lipinski definition) is 0. The molecule has 0 unspecified atom stereocenters. The van der Waals surface area contributed by atoms with Crippen LogP contribution >= 0.6 is 0 Å². The molecule has 0 aromatic heterocycles. The summed E-state index contributed by atoms with van der Waals surface area (Å²) in [5.41, 5.74) is 0. The van der Waals surface area contributed by atoms with Crippen molar-refractivity contribution in [3.8, 4) is 11.8 Å². The lowest BCUT2D eigenvalue weighted by atomic mass is 10.3. The van der Waals surface area contributed by atoms with E-state index in [2.05, 4.69) is 4.90 Å².